The second kappa shape index (κ2) is 5.88. The van der Waals surface area contributed by atoms with E-state index in [9.17, 15) is 5.11 Å². The standard InChI is InChI=1S/C13H16N4O/c14-17-13-3-1-2-12(16-13)15-9-8-10-4-6-11(18)7-5-10/h1-7,18H,8-9,14H2,(H2,15,16,17). The third kappa shape index (κ3) is 3.36. The molecule has 0 bridgehead atoms. The fourth-order valence-corrected chi connectivity index (χ4v) is 1.61. The molecule has 5 heteroatoms. The first-order valence-electron chi connectivity index (χ1n) is 5.73. The van der Waals surface area contributed by atoms with Gasteiger partial charge in [0.15, 0.2) is 0 Å². The van der Waals surface area contributed by atoms with Gasteiger partial charge in [0.1, 0.15) is 17.4 Å². The van der Waals surface area contributed by atoms with Crippen LogP contribution in [0.5, 0.6) is 5.75 Å². The van der Waals surface area contributed by atoms with Gasteiger partial charge < -0.3 is 15.8 Å². The third-order valence-electron chi connectivity index (χ3n) is 2.55. The third-order valence-corrected chi connectivity index (χ3v) is 2.55. The summed E-state index contributed by atoms with van der Waals surface area (Å²) < 4.78 is 0. The Morgan fingerprint density at radius 3 is 2.50 bits per heavy atom. The highest BCUT2D eigenvalue weighted by molar-refractivity contribution is 5.44. The smallest absolute Gasteiger partial charge is 0.142 e. The van der Waals surface area contributed by atoms with Gasteiger partial charge in [-0.1, -0.05) is 18.2 Å². The molecule has 0 atom stereocenters. The van der Waals surface area contributed by atoms with Crippen molar-refractivity contribution in [3.63, 3.8) is 0 Å². The lowest BCUT2D eigenvalue weighted by Gasteiger charge is -2.07. The van der Waals surface area contributed by atoms with Crippen molar-refractivity contribution in [1.29, 1.82) is 0 Å². The topological polar surface area (TPSA) is 83.2 Å². The molecule has 94 valence electrons. The molecule has 2 rings (SSSR count). The molecule has 1 aromatic carbocycles. The Kier molecular flexibility index (Phi) is 3.98. The maximum Gasteiger partial charge on any atom is 0.142 e. The fraction of sp³-hybridized carbons (Fsp3) is 0.154. The Bertz CT molecular complexity index is 499. The molecule has 0 amide bonds. The van der Waals surface area contributed by atoms with Gasteiger partial charge in [-0.2, -0.15) is 0 Å². The monoisotopic (exact) mass is 244 g/mol. The summed E-state index contributed by atoms with van der Waals surface area (Å²) >= 11 is 0. The van der Waals surface area contributed by atoms with Gasteiger partial charge in [0.2, 0.25) is 0 Å². The molecule has 0 unspecified atom stereocenters. The van der Waals surface area contributed by atoms with Crippen LogP contribution in [0, 0.1) is 0 Å². The first kappa shape index (κ1) is 12.2. The van der Waals surface area contributed by atoms with E-state index in [0.29, 0.717) is 5.82 Å². The maximum absolute atomic E-state index is 9.17. The zero-order chi connectivity index (χ0) is 12.8. The minimum absolute atomic E-state index is 0.287. The van der Waals surface area contributed by atoms with Crippen LogP contribution in [0.15, 0.2) is 42.5 Å². The predicted molar refractivity (Wildman–Crippen MR) is 72.3 cm³/mol. The van der Waals surface area contributed by atoms with Crippen LogP contribution in [-0.4, -0.2) is 16.6 Å². The molecule has 0 aliphatic rings. The summed E-state index contributed by atoms with van der Waals surface area (Å²) in [5.74, 6) is 6.99. The van der Waals surface area contributed by atoms with Gasteiger partial charge in [-0.15, -0.1) is 0 Å². The summed E-state index contributed by atoms with van der Waals surface area (Å²) in [6.07, 6.45) is 0.863. The Hall–Kier alpha value is -2.27. The van der Waals surface area contributed by atoms with E-state index in [1.54, 1.807) is 18.2 Å². The zero-order valence-corrected chi connectivity index (χ0v) is 9.93. The van der Waals surface area contributed by atoms with Crippen molar-refractivity contribution in [3.8, 4) is 5.75 Å². The first-order chi connectivity index (χ1) is 8.78. The maximum atomic E-state index is 9.17. The number of hydrogen-bond donors (Lipinski definition) is 4. The van der Waals surface area contributed by atoms with E-state index in [-0.39, 0.29) is 5.75 Å². The molecule has 0 aliphatic heterocycles. The Labute approximate surface area is 106 Å². The highest BCUT2D eigenvalue weighted by atomic mass is 16.3. The largest absolute Gasteiger partial charge is 0.508 e. The average molecular weight is 244 g/mol. The Morgan fingerprint density at radius 2 is 1.78 bits per heavy atom. The second-order valence-corrected chi connectivity index (χ2v) is 3.90. The number of nitrogen functional groups attached to an aromatic ring is 1. The summed E-state index contributed by atoms with van der Waals surface area (Å²) in [5.41, 5.74) is 3.66. The lowest BCUT2D eigenvalue weighted by Crippen LogP contribution is -2.11. The number of hydrogen-bond acceptors (Lipinski definition) is 5. The number of aromatic nitrogens is 1. The lowest BCUT2D eigenvalue weighted by atomic mass is 10.1. The Morgan fingerprint density at radius 1 is 1.06 bits per heavy atom. The van der Waals surface area contributed by atoms with E-state index >= 15 is 0 Å². The number of benzene rings is 1. The molecule has 5 nitrogen and oxygen atoms in total. The fourth-order valence-electron chi connectivity index (χ4n) is 1.61. The summed E-state index contributed by atoms with van der Waals surface area (Å²) in [6.45, 7) is 0.770. The molecule has 0 saturated heterocycles. The van der Waals surface area contributed by atoms with Crippen molar-refractivity contribution in [2.24, 2.45) is 5.84 Å². The van der Waals surface area contributed by atoms with E-state index in [1.165, 1.54) is 0 Å². The summed E-state index contributed by atoms with van der Waals surface area (Å²) in [6, 6.07) is 12.7. The van der Waals surface area contributed by atoms with Gasteiger partial charge in [0.25, 0.3) is 0 Å². The van der Waals surface area contributed by atoms with Crippen LogP contribution in [0.2, 0.25) is 0 Å². The van der Waals surface area contributed by atoms with Gasteiger partial charge in [0, 0.05) is 6.54 Å². The number of nitrogens with zero attached hydrogens (tertiary/aromatic N) is 1. The summed E-state index contributed by atoms with van der Waals surface area (Å²) in [5, 5.41) is 12.4. The molecule has 0 saturated carbocycles. The molecule has 0 radical (unpaired) electrons. The highest BCUT2D eigenvalue weighted by Gasteiger charge is 1.97. The van der Waals surface area contributed by atoms with Crippen LogP contribution >= 0.6 is 0 Å². The van der Waals surface area contributed by atoms with Crippen molar-refractivity contribution in [2.75, 3.05) is 17.3 Å². The van der Waals surface area contributed by atoms with Gasteiger partial charge in [0.05, 0.1) is 0 Å². The minimum atomic E-state index is 0.287. The summed E-state index contributed by atoms with van der Waals surface area (Å²) in [4.78, 5) is 4.25. The van der Waals surface area contributed by atoms with Crippen molar-refractivity contribution in [1.82, 2.24) is 4.98 Å². The van der Waals surface area contributed by atoms with Gasteiger partial charge >= 0.3 is 0 Å². The number of hydrazine groups is 1. The highest BCUT2D eigenvalue weighted by Crippen LogP contribution is 2.11. The number of aromatic hydroxyl groups is 1. The van der Waals surface area contributed by atoms with Crippen molar-refractivity contribution < 1.29 is 5.11 Å². The number of pyridine rings is 1. The van der Waals surface area contributed by atoms with Gasteiger partial charge in [-0.25, -0.2) is 10.8 Å². The SMILES string of the molecule is NNc1cccc(NCCc2ccc(O)cc2)n1. The molecular formula is C13H16N4O. The number of rotatable bonds is 5. The number of phenolic OH excluding ortho intramolecular Hbond substituents is 1. The molecule has 18 heavy (non-hydrogen) atoms. The zero-order valence-electron chi connectivity index (χ0n) is 9.93. The summed E-state index contributed by atoms with van der Waals surface area (Å²) in [7, 11) is 0. The number of anilines is 2. The quantitative estimate of drug-likeness (QED) is 0.475. The average Bonchev–Trinajstić information content (AvgIpc) is 2.41. The molecular weight excluding hydrogens is 228 g/mol. The van der Waals surface area contributed by atoms with E-state index in [1.807, 2.05) is 24.3 Å². The molecule has 1 aromatic heterocycles. The minimum Gasteiger partial charge on any atom is -0.508 e. The number of nitrogens with two attached hydrogens (primary N) is 1. The molecule has 0 fully saturated rings. The van der Waals surface area contributed by atoms with Crippen molar-refractivity contribution in [2.45, 2.75) is 6.42 Å². The molecule has 0 aliphatic carbocycles. The molecule has 1 heterocycles. The Balaban J connectivity index is 1.86. The van der Waals surface area contributed by atoms with E-state index in [4.69, 9.17) is 5.84 Å². The number of phenols is 1. The molecule has 0 spiro atoms. The van der Waals surface area contributed by atoms with Crippen LogP contribution < -0.4 is 16.6 Å². The molecule has 2 aromatic rings. The predicted octanol–water partition coefficient (Wildman–Crippen LogP) is 1.73. The van der Waals surface area contributed by atoms with Crippen LogP contribution in [-0.2, 0) is 6.42 Å². The van der Waals surface area contributed by atoms with Crippen LogP contribution in [0.1, 0.15) is 5.56 Å². The molecule has 5 N–H and O–H groups in total. The van der Waals surface area contributed by atoms with Crippen LogP contribution in [0.25, 0.3) is 0 Å². The van der Waals surface area contributed by atoms with E-state index in [2.05, 4.69) is 15.7 Å². The van der Waals surface area contributed by atoms with Crippen molar-refractivity contribution >= 4 is 11.6 Å². The van der Waals surface area contributed by atoms with E-state index < -0.39 is 0 Å². The van der Waals surface area contributed by atoms with Gasteiger partial charge in [-0.05, 0) is 36.2 Å². The van der Waals surface area contributed by atoms with Crippen LogP contribution in [0.3, 0.4) is 0 Å². The normalized spacial score (nSPS) is 10.1. The van der Waals surface area contributed by atoms with Crippen LogP contribution in [0.4, 0.5) is 11.6 Å². The lowest BCUT2D eigenvalue weighted by molar-refractivity contribution is 0.475. The first-order valence-corrected chi connectivity index (χ1v) is 5.73. The van der Waals surface area contributed by atoms with E-state index in [0.717, 1.165) is 24.3 Å². The second-order valence-electron chi connectivity index (χ2n) is 3.90. The number of nitrogens with one attached hydrogen (secondary N) is 2. The van der Waals surface area contributed by atoms with Gasteiger partial charge in [-0.3, -0.25) is 0 Å². The van der Waals surface area contributed by atoms with Crippen molar-refractivity contribution in [3.05, 3.63) is 48.0 Å².